The van der Waals surface area contributed by atoms with Crippen LogP contribution in [-0.4, -0.2) is 46.6 Å². The van der Waals surface area contributed by atoms with Crippen molar-refractivity contribution in [2.75, 3.05) is 13.2 Å². The van der Waals surface area contributed by atoms with Crippen LogP contribution in [0.25, 0.3) is 0 Å². The van der Waals surface area contributed by atoms with Gasteiger partial charge in [-0.15, -0.1) is 0 Å². The van der Waals surface area contributed by atoms with Crippen molar-refractivity contribution >= 4 is 6.09 Å². The topological polar surface area (TPSA) is 77.9 Å². The molecule has 1 amide bonds. The molecule has 1 fully saturated rings. The van der Waals surface area contributed by atoms with E-state index in [0.29, 0.717) is 19.6 Å². The van der Waals surface area contributed by atoms with E-state index in [1.54, 1.807) is 12.5 Å². The number of epoxide rings is 1. The van der Waals surface area contributed by atoms with Gasteiger partial charge in [-0.2, -0.15) is 0 Å². The van der Waals surface area contributed by atoms with Gasteiger partial charge >= 0.3 is 6.09 Å². The minimum absolute atomic E-state index is 0.0450. The van der Waals surface area contributed by atoms with Gasteiger partial charge in [0, 0.05) is 12.4 Å². The van der Waals surface area contributed by atoms with Crippen molar-refractivity contribution in [2.45, 2.75) is 51.5 Å². The number of nitrogens with zero attached hydrogens (tertiary/aromatic N) is 2. The Balaban J connectivity index is 1.48. The number of hydrogen-bond donors (Lipinski definition) is 1. The monoisotopic (exact) mass is 373 g/mol. The highest BCUT2D eigenvalue weighted by Gasteiger charge is 2.34. The van der Waals surface area contributed by atoms with Crippen LogP contribution in [-0.2, 0) is 22.4 Å². The van der Waals surface area contributed by atoms with E-state index in [4.69, 9.17) is 14.2 Å². The molecule has 0 aliphatic carbocycles. The van der Waals surface area contributed by atoms with E-state index < -0.39 is 11.7 Å². The average molecular weight is 373 g/mol. The van der Waals surface area contributed by atoms with E-state index in [0.717, 1.165) is 17.9 Å². The van der Waals surface area contributed by atoms with Crippen LogP contribution in [0.1, 0.15) is 26.3 Å². The molecule has 2 atom stereocenters. The van der Waals surface area contributed by atoms with E-state index in [1.807, 2.05) is 55.8 Å². The standard InChI is InChI=1S/C20H27N3O4/c1-20(2,3)27-19(24)22-17(18-13-26-18)12-15-4-6-16(7-5-15)25-11-10-23-9-8-21-14-23/h4-9,14,17-18H,10-13H2,1-3H3,(H,22,24)/t17-,18+/m0/s1. The van der Waals surface area contributed by atoms with Crippen LogP contribution >= 0.6 is 0 Å². The molecule has 2 heterocycles. The zero-order valence-electron chi connectivity index (χ0n) is 16.1. The van der Waals surface area contributed by atoms with Crippen LogP contribution in [0.4, 0.5) is 4.79 Å². The van der Waals surface area contributed by atoms with Gasteiger partial charge in [0.05, 0.1) is 25.5 Å². The third-order valence-electron chi connectivity index (χ3n) is 4.07. The highest BCUT2D eigenvalue weighted by Crippen LogP contribution is 2.20. The predicted molar refractivity (Wildman–Crippen MR) is 101 cm³/mol. The maximum atomic E-state index is 12.0. The normalized spacial score (nSPS) is 17.2. The smallest absolute Gasteiger partial charge is 0.407 e. The highest BCUT2D eigenvalue weighted by molar-refractivity contribution is 5.68. The molecule has 0 bridgehead atoms. The summed E-state index contributed by atoms with van der Waals surface area (Å²) >= 11 is 0. The Labute approximate surface area is 159 Å². The van der Waals surface area contributed by atoms with Gasteiger partial charge in [0.1, 0.15) is 24.1 Å². The van der Waals surface area contributed by atoms with Crippen LogP contribution < -0.4 is 10.1 Å². The van der Waals surface area contributed by atoms with Crippen molar-refractivity contribution in [3.8, 4) is 5.75 Å². The summed E-state index contributed by atoms with van der Waals surface area (Å²) in [6, 6.07) is 7.81. The van der Waals surface area contributed by atoms with Crippen molar-refractivity contribution in [3.63, 3.8) is 0 Å². The molecule has 1 aromatic heterocycles. The number of ether oxygens (including phenoxy) is 3. The van der Waals surface area contributed by atoms with Gasteiger partial charge in [0.25, 0.3) is 0 Å². The first-order valence-corrected chi connectivity index (χ1v) is 9.18. The summed E-state index contributed by atoms with van der Waals surface area (Å²) in [5.74, 6) is 0.818. The van der Waals surface area contributed by atoms with Crippen LogP contribution in [0.15, 0.2) is 43.0 Å². The number of carbonyl (C=O) groups excluding carboxylic acids is 1. The summed E-state index contributed by atoms with van der Waals surface area (Å²) in [7, 11) is 0. The molecule has 1 N–H and O–H groups in total. The summed E-state index contributed by atoms with van der Waals surface area (Å²) in [4.78, 5) is 16.1. The van der Waals surface area contributed by atoms with E-state index in [1.165, 1.54) is 0 Å². The van der Waals surface area contributed by atoms with Gasteiger partial charge in [-0.3, -0.25) is 0 Å². The number of carbonyl (C=O) groups is 1. The lowest BCUT2D eigenvalue weighted by atomic mass is 10.0. The Hall–Kier alpha value is -2.54. The molecule has 1 aromatic carbocycles. The van der Waals surface area contributed by atoms with E-state index in [-0.39, 0.29) is 12.1 Å². The third kappa shape index (κ3) is 6.60. The molecule has 0 spiro atoms. The van der Waals surface area contributed by atoms with E-state index in [2.05, 4.69) is 10.3 Å². The average Bonchev–Trinajstić information content (AvgIpc) is 3.31. The summed E-state index contributed by atoms with van der Waals surface area (Å²) in [5, 5.41) is 2.92. The molecule has 2 aromatic rings. The number of hydrogen-bond acceptors (Lipinski definition) is 5. The maximum absolute atomic E-state index is 12.0. The number of benzene rings is 1. The summed E-state index contributed by atoms with van der Waals surface area (Å²) in [5.41, 5.74) is 0.586. The molecule has 1 saturated heterocycles. The Morgan fingerprint density at radius 3 is 2.70 bits per heavy atom. The molecule has 0 saturated carbocycles. The fraction of sp³-hybridized carbons (Fsp3) is 0.500. The molecule has 7 nitrogen and oxygen atoms in total. The minimum Gasteiger partial charge on any atom is -0.492 e. The Bertz CT molecular complexity index is 719. The quantitative estimate of drug-likeness (QED) is 0.720. The Morgan fingerprint density at radius 2 is 2.11 bits per heavy atom. The van der Waals surface area contributed by atoms with Crippen molar-refractivity contribution < 1.29 is 19.0 Å². The number of aromatic nitrogens is 2. The second-order valence-electron chi connectivity index (χ2n) is 7.62. The SMILES string of the molecule is CC(C)(C)OC(=O)N[C@@H](Cc1ccc(OCCn2ccnc2)cc1)[C@H]1CO1. The first kappa shape index (κ1) is 19.2. The van der Waals surface area contributed by atoms with Crippen molar-refractivity contribution in [3.05, 3.63) is 48.5 Å². The molecule has 1 aliphatic heterocycles. The fourth-order valence-electron chi connectivity index (χ4n) is 2.69. The zero-order valence-corrected chi connectivity index (χ0v) is 16.1. The molecule has 0 unspecified atom stereocenters. The van der Waals surface area contributed by atoms with Crippen LogP contribution in [0.5, 0.6) is 5.75 Å². The fourth-order valence-corrected chi connectivity index (χ4v) is 2.69. The lowest BCUT2D eigenvalue weighted by Gasteiger charge is -2.23. The number of nitrogens with one attached hydrogen (secondary N) is 1. The van der Waals surface area contributed by atoms with Crippen molar-refractivity contribution in [2.24, 2.45) is 0 Å². The zero-order chi connectivity index (χ0) is 19.3. The van der Waals surface area contributed by atoms with Gasteiger partial charge < -0.3 is 24.1 Å². The van der Waals surface area contributed by atoms with Crippen molar-refractivity contribution in [1.82, 2.24) is 14.9 Å². The van der Waals surface area contributed by atoms with Gasteiger partial charge in [-0.25, -0.2) is 9.78 Å². The van der Waals surface area contributed by atoms with Gasteiger partial charge in [-0.05, 0) is 44.9 Å². The highest BCUT2D eigenvalue weighted by atomic mass is 16.6. The molecule has 27 heavy (non-hydrogen) atoms. The van der Waals surface area contributed by atoms with E-state index in [9.17, 15) is 4.79 Å². The number of imidazole rings is 1. The molecular weight excluding hydrogens is 346 g/mol. The maximum Gasteiger partial charge on any atom is 0.407 e. The number of rotatable bonds is 8. The minimum atomic E-state index is -0.519. The molecular formula is C20H27N3O4. The largest absolute Gasteiger partial charge is 0.492 e. The molecule has 0 radical (unpaired) electrons. The third-order valence-corrected chi connectivity index (χ3v) is 4.07. The summed E-state index contributed by atoms with van der Waals surface area (Å²) in [6.45, 7) is 7.54. The second-order valence-corrected chi connectivity index (χ2v) is 7.62. The first-order valence-electron chi connectivity index (χ1n) is 9.18. The Kier molecular flexibility index (Phi) is 6.01. The number of amides is 1. The van der Waals surface area contributed by atoms with Gasteiger partial charge in [0.2, 0.25) is 0 Å². The van der Waals surface area contributed by atoms with Crippen LogP contribution in [0.2, 0.25) is 0 Å². The van der Waals surface area contributed by atoms with E-state index >= 15 is 0 Å². The molecule has 1 aliphatic rings. The van der Waals surface area contributed by atoms with Gasteiger partial charge in [0.15, 0.2) is 0 Å². The molecule has 3 rings (SSSR count). The number of alkyl carbamates (subject to hydrolysis) is 1. The molecule has 7 heteroatoms. The lowest BCUT2D eigenvalue weighted by Crippen LogP contribution is -2.43. The van der Waals surface area contributed by atoms with Gasteiger partial charge in [-0.1, -0.05) is 12.1 Å². The first-order chi connectivity index (χ1) is 12.9. The lowest BCUT2D eigenvalue weighted by molar-refractivity contribution is 0.0495. The summed E-state index contributed by atoms with van der Waals surface area (Å²) in [6.07, 6.45) is 5.74. The van der Waals surface area contributed by atoms with Crippen LogP contribution in [0, 0.1) is 0 Å². The summed E-state index contributed by atoms with van der Waals surface area (Å²) < 4.78 is 18.5. The van der Waals surface area contributed by atoms with Crippen LogP contribution in [0.3, 0.4) is 0 Å². The van der Waals surface area contributed by atoms with Crippen molar-refractivity contribution in [1.29, 1.82) is 0 Å². The predicted octanol–water partition coefficient (Wildman–Crippen LogP) is 2.80. The second kappa shape index (κ2) is 8.43. The molecule has 146 valence electrons. The Morgan fingerprint density at radius 1 is 1.37 bits per heavy atom.